The van der Waals surface area contributed by atoms with Crippen LogP contribution in [-0.4, -0.2) is 38.1 Å². The number of halogens is 1. The van der Waals surface area contributed by atoms with E-state index in [2.05, 4.69) is 23.8 Å². The molecule has 6 nitrogen and oxygen atoms in total. The van der Waals surface area contributed by atoms with Gasteiger partial charge in [0.05, 0.1) is 12.6 Å². The van der Waals surface area contributed by atoms with Crippen LogP contribution in [0.2, 0.25) is 5.02 Å². The molecule has 41 heavy (non-hydrogen) atoms. The van der Waals surface area contributed by atoms with Crippen LogP contribution in [0.15, 0.2) is 109 Å². The van der Waals surface area contributed by atoms with Gasteiger partial charge in [-0.25, -0.2) is 0 Å². The predicted molar refractivity (Wildman–Crippen MR) is 169 cm³/mol. The molecule has 0 spiro atoms. The van der Waals surface area contributed by atoms with Crippen LogP contribution in [0, 0.1) is 0 Å². The number of rotatable bonds is 12. The van der Waals surface area contributed by atoms with E-state index < -0.39 is 0 Å². The van der Waals surface area contributed by atoms with Gasteiger partial charge in [-0.3, -0.25) is 9.59 Å². The zero-order valence-corrected chi connectivity index (χ0v) is 24.7. The Morgan fingerprint density at radius 3 is 2.41 bits per heavy atom. The normalized spacial score (nSPS) is 12.0. The lowest BCUT2D eigenvalue weighted by Gasteiger charge is -2.20. The van der Waals surface area contributed by atoms with Crippen molar-refractivity contribution in [3.05, 3.63) is 137 Å². The van der Waals surface area contributed by atoms with Gasteiger partial charge in [0.25, 0.3) is 5.91 Å². The molecule has 0 aliphatic carbocycles. The summed E-state index contributed by atoms with van der Waals surface area (Å²) in [6, 6.07) is 19.7. The molecule has 0 saturated heterocycles. The summed E-state index contributed by atoms with van der Waals surface area (Å²) in [5.74, 6) is -0.318. The molecule has 0 aliphatic heterocycles. The molecule has 3 aromatic rings. The Labute approximate surface area is 247 Å². The van der Waals surface area contributed by atoms with E-state index in [0.29, 0.717) is 39.6 Å². The zero-order chi connectivity index (χ0) is 30.4. The maximum absolute atomic E-state index is 13.2. The smallest absolute Gasteiger partial charge is 0.251 e. The fourth-order valence-electron chi connectivity index (χ4n) is 4.17. The average Bonchev–Trinajstić information content (AvgIpc) is 3.01. The van der Waals surface area contributed by atoms with Crippen LogP contribution >= 0.6 is 11.6 Å². The highest BCUT2D eigenvalue weighted by Gasteiger charge is 2.20. The minimum Gasteiger partial charge on any atom is -0.400 e. The molecule has 0 fully saturated rings. The summed E-state index contributed by atoms with van der Waals surface area (Å²) in [6.07, 6.45) is 6.34. The highest BCUT2D eigenvalue weighted by molar-refractivity contribution is 6.34. The molecule has 0 aliphatic rings. The first-order chi connectivity index (χ1) is 19.8. The molecule has 0 bridgehead atoms. The number of aldehydes is 1. The number of methoxy groups -OCH3 is 1. The van der Waals surface area contributed by atoms with E-state index in [1.54, 1.807) is 37.5 Å². The Bertz CT molecular complexity index is 1430. The van der Waals surface area contributed by atoms with E-state index in [9.17, 15) is 9.59 Å². The lowest BCUT2D eigenvalue weighted by Crippen LogP contribution is -2.31. The quantitative estimate of drug-likeness (QED) is 0.158. The highest BCUT2D eigenvalue weighted by atomic mass is 35.5. The summed E-state index contributed by atoms with van der Waals surface area (Å²) in [7, 11) is 2.58. The summed E-state index contributed by atoms with van der Waals surface area (Å²) in [5, 5.41) is 13.8. The zero-order valence-electron chi connectivity index (χ0n) is 23.9. The predicted octanol–water partition coefficient (Wildman–Crippen LogP) is 7.14. The van der Waals surface area contributed by atoms with Crippen LogP contribution in [0.25, 0.3) is 16.8 Å². The second-order valence-corrected chi connectivity index (χ2v) is 9.29. The SMILES string of the molecule is C=C/C(C)=C(\C=C/C)NC(=C)c1cccc(Cl)c1-c1ccc(C(=O)N[C@H](COC)c2ccccc2)cc1C=O.CO. The number of ether oxygens (including phenoxy) is 1. The number of allylic oxidation sites excluding steroid dienone is 4. The van der Waals surface area contributed by atoms with Crippen molar-refractivity contribution in [3.63, 3.8) is 0 Å². The third-order valence-electron chi connectivity index (χ3n) is 6.24. The summed E-state index contributed by atoms with van der Waals surface area (Å²) in [5.41, 5.74) is 5.96. The number of aliphatic hydroxyl groups is 1. The molecule has 0 saturated carbocycles. The Kier molecular flexibility index (Phi) is 13.5. The van der Waals surface area contributed by atoms with Crippen molar-refractivity contribution in [1.29, 1.82) is 0 Å². The van der Waals surface area contributed by atoms with Crippen molar-refractivity contribution in [1.82, 2.24) is 10.6 Å². The molecular formula is C34H37ClN2O4. The van der Waals surface area contributed by atoms with Crippen LogP contribution in [-0.2, 0) is 4.74 Å². The maximum atomic E-state index is 13.2. The second kappa shape index (κ2) is 16.8. The number of hydrogen-bond donors (Lipinski definition) is 3. The van der Waals surface area contributed by atoms with Gasteiger partial charge in [0.2, 0.25) is 0 Å². The Morgan fingerprint density at radius 2 is 1.80 bits per heavy atom. The number of carbonyl (C=O) groups is 2. The van der Waals surface area contributed by atoms with E-state index in [0.717, 1.165) is 35.8 Å². The Morgan fingerprint density at radius 1 is 1.10 bits per heavy atom. The summed E-state index contributed by atoms with van der Waals surface area (Å²) in [6.45, 7) is 12.3. The van der Waals surface area contributed by atoms with Crippen LogP contribution in [0.5, 0.6) is 0 Å². The molecule has 3 aromatic carbocycles. The van der Waals surface area contributed by atoms with Crippen LogP contribution in [0.1, 0.15) is 51.7 Å². The van der Waals surface area contributed by atoms with E-state index in [4.69, 9.17) is 21.4 Å². The van der Waals surface area contributed by atoms with Crippen LogP contribution in [0.3, 0.4) is 0 Å². The topological polar surface area (TPSA) is 87.7 Å². The van der Waals surface area contributed by atoms with Crippen molar-refractivity contribution in [2.45, 2.75) is 19.9 Å². The molecule has 7 heteroatoms. The van der Waals surface area contributed by atoms with Crippen molar-refractivity contribution in [3.8, 4) is 11.1 Å². The third kappa shape index (κ3) is 8.63. The summed E-state index contributed by atoms with van der Waals surface area (Å²) < 4.78 is 5.32. The molecule has 1 atom stereocenters. The fraction of sp³-hybridized carbons (Fsp3) is 0.176. The summed E-state index contributed by atoms with van der Waals surface area (Å²) >= 11 is 6.68. The van der Waals surface area contributed by atoms with Gasteiger partial charge in [0, 0.05) is 52.9 Å². The van der Waals surface area contributed by atoms with Crippen molar-refractivity contribution in [2.24, 2.45) is 0 Å². The molecule has 0 aromatic heterocycles. The number of benzene rings is 3. The number of aliphatic hydroxyl groups excluding tert-OH is 1. The minimum atomic E-state index is -0.342. The molecule has 214 valence electrons. The molecule has 3 N–H and O–H groups in total. The summed E-state index contributed by atoms with van der Waals surface area (Å²) in [4.78, 5) is 25.4. The van der Waals surface area contributed by atoms with Gasteiger partial charge in [-0.2, -0.15) is 0 Å². The molecule has 1 amide bonds. The number of carbonyl (C=O) groups excluding carboxylic acids is 2. The van der Waals surface area contributed by atoms with Crippen LogP contribution < -0.4 is 10.6 Å². The monoisotopic (exact) mass is 572 g/mol. The Hall–Kier alpha value is -4.23. The van der Waals surface area contributed by atoms with Gasteiger partial charge < -0.3 is 20.5 Å². The first-order valence-electron chi connectivity index (χ1n) is 12.9. The van der Waals surface area contributed by atoms with E-state index >= 15 is 0 Å². The molecule has 0 radical (unpaired) electrons. The number of amides is 1. The van der Waals surface area contributed by atoms with E-state index in [1.807, 2.05) is 68.5 Å². The molecule has 0 heterocycles. The maximum Gasteiger partial charge on any atom is 0.251 e. The van der Waals surface area contributed by atoms with Crippen molar-refractivity contribution in [2.75, 3.05) is 20.8 Å². The van der Waals surface area contributed by atoms with E-state index in [-0.39, 0.29) is 11.9 Å². The standard InChI is InChI=1S/C33H33ClN2O3.CH4O/c1-6-12-30(22(3)7-2)35-23(4)27-15-11-16-29(34)32(27)28-18-17-25(19-26(28)20-37)33(38)36-31(21-39-5)24-13-9-8-10-14-24;1-2/h6-20,31,35H,2,4,21H2,1,3,5H3,(H,36,38);2H,1H3/b12-6-,30-22+;/t31-;/m1./s1. The second-order valence-electron chi connectivity index (χ2n) is 8.88. The highest BCUT2D eigenvalue weighted by Crippen LogP contribution is 2.36. The van der Waals surface area contributed by atoms with Gasteiger partial charge in [-0.1, -0.05) is 85.4 Å². The number of nitrogens with one attached hydrogen (secondary N) is 2. The lowest BCUT2D eigenvalue weighted by atomic mass is 9.92. The van der Waals surface area contributed by atoms with Crippen molar-refractivity contribution >= 4 is 29.5 Å². The van der Waals surface area contributed by atoms with Gasteiger partial charge in [-0.15, -0.1) is 0 Å². The van der Waals surface area contributed by atoms with Gasteiger partial charge in [0.1, 0.15) is 0 Å². The van der Waals surface area contributed by atoms with Gasteiger partial charge >= 0.3 is 0 Å². The third-order valence-corrected chi connectivity index (χ3v) is 6.55. The van der Waals surface area contributed by atoms with Crippen molar-refractivity contribution < 1.29 is 19.4 Å². The fourth-order valence-corrected chi connectivity index (χ4v) is 4.45. The van der Waals surface area contributed by atoms with Crippen LogP contribution in [0.4, 0.5) is 0 Å². The molecule has 3 rings (SSSR count). The van der Waals surface area contributed by atoms with Gasteiger partial charge in [0.15, 0.2) is 6.29 Å². The average molecular weight is 573 g/mol. The molecule has 0 unspecified atom stereocenters. The lowest BCUT2D eigenvalue weighted by molar-refractivity contribution is 0.0896. The Balaban J connectivity index is 0.00000287. The number of hydrogen-bond acceptors (Lipinski definition) is 5. The van der Waals surface area contributed by atoms with Gasteiger partial charge in [-0.05, 0) is 54.8 Å². The first-order valence-corrected chi connectivity index (χ1v) is 13.3. The molecular weight excluding hydrogens is 536 g/mol. The largest absolute Gasteiger partial charge is 0.400 e. The minimum absolute atomic E-state index is 0.307. The first kappa shape index (κ1) is 33.0. The van der Waals surface area contributed by atoms with E-state index in [1.165, 1.54) is 0 Å².